The molecule has 4 nitrogen and oxygen atoms in total. The molecule has 0 aliphatic heterocycles. The van der Waals surface area contributed by atoms with Crippen LogP contribution in [-0.4, -0.2) is 14.5 Å². The van der Waals surface area contributed by atoms with Crippen molar-refractivity contribution in [3.8, 4) is 50.7 Å². The van der Waals surface area contributed by atoms with E-state index in [1.807, 2.05) is 36.4 Å². The fourth-order valence-corrected chi connectivity index (χ4v) is 7.38. The van der Waals surface area contributed by atoms with Crippen molar-refractivity contribution in [1.29, 1.82) is 0 Å². The molecule has 0 bridgehead atoms. The molecule has 0 unspecified atom stereocenters. The molecule has 7 aromatic carbocycles. The molecule has 3 aromatic heterocycles. The highest BCUT2D eigenvalue weighted by molar-refractivity contribution is 6.17. The Morgan fingerprint density at radius 2 is 0.960 bits per heavy atom. The standard InChI is InChI=1S/C46H29N3O/c1-4-15-30(16-5-1)33-22-13-27-41-43(33)37-21-10-11-26-40(37)49(41)42-28-14-24-35-34-23-12-25-36(44(34)50-45(35)42)39-29-38(31-17-6-2-7-18-31)47-46(48-39)32-19-8-3-9-20-32/h1-29H. The summed E-state index contributed by atoms with van der Waals surface area (Å²) in [6.45, 7) is 0. The van der Waals surface area contributed by atoms with Crippen molar-refractivity contribution >= 4 is 43.7 Å². The zero-order valence-corrected chi connectivity index (χ0v) is 27.0. The SMILES string of the molecule is c1ccc(-c2cc(-c3cccc4c3oc3c(-n5c6ccccc6c6c(-c7ccccc7)cccc65)cccc34)nc(-c3ccccc3)n2)cc1. The van der Waals surface area contributed by atoms with Crippen LogP contribution < -0.4 is 0 Å². The largest absolute Gasteiger partial charge is 0.453 e. The van der Waals surface area contributed by atoms with Crippen molar-refractivity contribution in [1.82, 2.24) is 14.5 Å². The Hall–Kier alpha value is -6.78. The summed E-state index contributed by atoms with van der Waals surface area (Å²) in [6, 6.07) is 61.2. The first kappa shape index (κ1) is 28.3. The summed E-state index contributed by atoms with van der Waals surface area (Å²) in [5.41, 5.74) is 11.9. The zero-order chi connectivity index (χ0) is 33.0. The van der Waals surface area contributed by atoms with Crippen LogP contribution in [0.5, 0.6) is 0 Å². The first-order chi connectivity index (χ1) is 24.8. The molecule has 0 fully saturated rings. The topological polar surface area (TPSA) is 43.9 Å². The summed E-state index contributed by atoms with van der Waals surface area (Å²) in [5, 5.41) is 4.54. The molecule has 0 saturated carbocycles. The molecule has 50 heavy (non-hydrogen) atoms. The van der Waals surface area contributed by atoms with Gasteiger partial charge in [-0.25, -0.2) is 9.97 Å². The van der Waals surface area contributed by atoms with Crippen molar-refractivity contribution in [2.75, 3.05) is 0 Å². The van der Waals surface area contributed by atoms with Crippen molar-refractivity contribution in [2.24, 2.45) is 0 Å². The molecule has 0 spiro atoms. The molecule has 0 radical (unpaired) electrons. The molecule has 3 heterocycles. The van der Waals surface area contributed by atoms with Crippen LogP contribution in [0.3, 0.4) is 0 Å². The lowest BCUT2D eigenvalue weighted by Crippen LogP contribution is -1.96. The van der Waals surface area contributed by atoms with Gasteiger partial charge in [0.25, 0.3) is 0 Å². The van der Waals surface area contributed by atoms with Crippen LogP contribution in [0.25, 0.3) is 94.5 Å². The van der Waals surface area contributed by atoms with Gasteiger partial charge in [-0.1, -0.05) is 146 Å². The number of aromatic nitrogens is 3. The molecule has 0 N–H and O–H groups in total. The van der Waals surface area contributed by atoms with Gasteiger partial charge in [0, 0.05) is 38.2 Å². The van der Waals surface area contributed by atoms with E-state index in [-0.39, 0.29) is 0 Å². The summed E-state index contributed by atoms with van der Waals surface area (Å²) in [5.74, 6) is 0.676. The molecule has 0 atom stereocenters. The highest BCUT2D eigenvalue weighted by Gasteiger charge is 2.21. The smallest absolute Gasteiger partial charge is 0.160 e. The van der Waals surface area contributed by atoms with Crippen LogP contribution in [0.15, 0.2) is 180 Å². The second-order valence-corrected chi connectivity index (χ2v) is 12.6. The number of nitrogens with zero attached hydrogens (tertiary/aromatic N) is 3. The number of rotatable bonds is 5. The molecule has 0 aliphatic rings. The van der Waals surface area contributed by atoms with E-state index in [0.29, 0.717) is 5.82 Å². The van der Waals surface area contributed by atoms with Crippen molar-refractivity contribution in [3.63, 3.8) is 0 Å². The first-order valence-electron chi connectivity index (χ1n) is 16.8. The highest BCUT2D eigenvalue weighted by Crippen LogP contribution is 2.43. The third-order valence-electron chi connectivity index (χ3n) is 9.63. The van der Waals surface area contributed by atoms with Crippen molar-refractivity contribution in [3.05, 3.63) is 176 Å². The Bertz CT molecular complexity index is 2800. The lowest BCUT2D eigenvalue weighted by atomic mass is 9.99. The second-order valence-electron chi connectivity index (χ2n) is 12.6. The average Bonchev–Trinajstić information content (AvgIpc) is 3.75. The minimum absolute atomic E-state index is 0.676. The van der Waals surface area contributed by atoms with Gasteiger partial charge in [-0.3, -0.25) is 0 Å². The molecular formula is C46H29N3O. The zero-order valence-electron chi connectivity index (χ0n) is 27.0. The van der Waals surface area contributed by atoms with Gasteiger partial charge < -0.3 is 8.98 Å². The number of furan rings is 1. The molecule has 10 rings (SSSR count). The summed E-state index contributed by atoms with van der Waals surface area (Å²) >= 11 is 0. The van der Waals surface area contributed by atoms with E-state index in [0.717, 1.165) is 66.7 Å². The quantitative estimate of drug-likeness (QED) is 0.188. The van der Waals surface area contributed by atoms with E-state index < -0.39 is 0 Å². The van der Waals surface area contributed by atoms with Gasteiger partial charge in [0.05, 0.1) is 28.1 Å². The van der Waals surface area contributed by atoms with E-state index in [1.165, 1.54) is 21.9 Å². The highest BCUT2D eigenvalue weighted by atomic mass is 16.3. The summed E-state index contributed by atoms with van der Waals surface area (Å²) in [4.78, 5) is 10.1. The normalized spacial score (nSPS) is 11.6. The molecule has 0 saturated heterocycles. The Balaban J connectivity index is 1.23. The van der Waals surface area contributed by atoms with E-state index in [4.69, 9.17) is 14.4 Å². The molecule has 4 heteroatoms. The molecular weight excluding hydrogens is 611 g/mol. The molecule has 0 aliphatic carbocycles. The summed E-state index contributed by atoms with van der Waals surface area (Å²) < 4.78 is 9.37. The summed E-state index contributed by atoms with van der Waals surface area (Å²) in [7, 11) is 0. The maximum atomic E-state index is 7.02. The van der Waals surface area contributed by atoms with Gasteiger partial charge >= 0.3 is 0 Å². The third kappa shape index (κ3) is 4.46. The monoisotopic (exact) mass is 639 g/mol. The maximum absolute atomic E-state index is 7.02. The average molecular weight is 640 g/mol. The van der Waals surface area contributed by atoms with Crippen LogP contribution in [0, 0.1) is 0 Å². The lowest BCUT2D eigenvalue weighted by molar-refractivity contribution is 0.667. The molecule has 0 amide bonds. The Morgan fingerprint density at radius 1 is 0.400 bits per heavy atom. The van der Waals surface area contributed by atoms with Crippen LogP contribution >= 0.6 is 0 Å². The van der Waals surface area contributed by atoms with Gasteiger partial charge in [0.1, 0.15) is 5.58 Å². The minimum atomic E-state index is 0.676. The predicted octanol–water partition coefficient (Wildman–Crippen LogP) is 12.1. The lowest BCUT2D eigenvalue weighted by Gasteiger charge is -2.10. The Labute approximate surface area is 288 Å². The van der Waals surface area contributed by atoms with Crippen LogP contribution in [0.4, 0.5) is 0 Å². The molecule has 10 aromatic rings. The Morgan fingerprint density at radius 3 is 1.74 bits per heavy atom. The second kappa shape index (κ2) is 11.4. The van der Waals surface area contributed by atoms with E-state index >= 15 is 0 Å². The number of hydrogen-bond acceptors (Lipinski definition) is 3. The van der Waals surface area contributed by atoms with E-state index in [9.17, 15) is 0 Å². The number of hydrogen-bond donors (Lipinski definition) is 0. The van der Waals surface area contributed by atoms with E-state index in [1.54, 1.807) is 0 Å². The van der Waals surface area contributed by atoms with Gasteiger partial charge in [-0.2, -0.15) is 0 Å². The van der Waals surface area contributed by atoms with Gasteiger partial charge in [-0.05, 0) is 41.5 Å². The third-order valence-corrected chi connectivity index (χ3v) is 9.63. The fourth-order valence-electron chi connectivity index (χ4n) is 7.38. The maximum Gasteiger partial charge on any atom is 0.160 e. The Kier molecular flexibility index (Phi) is 6.46. The first-order valence-corrected chi connectivity index (χ1v) is 16.8. The van der Waals surface area contributed by atoms with Crippen LogP contribution in [0.2, 0.25) is 0 Å². The minimum Gasteiger partial charge on any atom is -0.453 e. The predicted molar refractivity (Wildman–Crippen MR) is 205 cm³/mol. The number of para-hydroxylation sites is 3. The van der Waals surface area contributed by atoms with Gasteiger partial charge in [-0.15, -0.1) is 0 Å². The number of fused-ring (bicyclic) bond motifs is 6. The molecule has 234 valence electrons. The summed E-state index contributed by atoms with van der Waals surface area (Å²) in [6.07, 6.45) is 0. The van der Waals surface area contributed by atoms with E-state index in [2.05, 4.69) is 144 Å². The van der Waals surface area contributed by atoms with Crippen LogP contribution in [0.1, 0.15) is 0 Å². The fraction of sp³-hybridized carbons (Fsp3) is 0. The van der Waals surface area contributed by atoms with Crippen molar-refractivity contribution in [2.45, 2.75) is 0 Å². The van der Waals surface area contributed by atoms with Crippen molar-refractivity contribution < 1.29 is 4.42 Å². The van der Waals surface area contributed by atoms with Crippen LogP contribution in [-0.2, 0) is 0 Å². The van der Waals surface area contributed by atoms with Gasteiger partial charge in [0.2, 0.25) is 0 Å². The number of benzene rings is 7. The van der Waals surface area contributed by atoms with Gasteiger partial charge in [0.15, 0.2) is 11.4 Å².